The number of sulfonamides is 1. The van der Waals surface area contributed by atoms with Crippen LogP contribution in [0.5, 0.6) is 0 Å². The second-order valence-electron chi connectivity index (χ2n) is 4.22. The van der Waals surface area contributed by atoms with E-state index >= 15 is 0 Å². The van der Waals surface area contributed by atoms with Crippen molar-refractivity contribution in [1.82, 2.24) is 10.3 Å². The monoisotopic (exact) mass is 276 g/mol. The Labute approximate surface area is 105 Å². The van der Waals surface area contributed by atoms with Gasteiger partial charge in [0.05, 0.1) is 5.69 Å². The Morgan fingerprint density at radius 1 is 1.59 bits per heavy atom. The molecule has 1 aliphatic rings. The average molecular weight is 276 g/mol. The number of aromatic nitrogens is 1. The summed E-state index contributed by atoms with van der Waals surface area (Å²) in [7, 11) is -3.65. The summed E-state index contributed by atoms with van der Waals surface area (Å²) in [6.45, 7) is 6.31. The van der Waals surface area contributed by atoms with Gasteiger partial charge in [0.1, 0.15) is 0 Å². The molecule has 0 aromatic carbocycles. The maximum absolute atomic E-state index is 11.3. The van der Waals surface area contributed by atoms with E-state index in [1.54, 1.807) is 6.92 Å². The van der Waals surface area contributed by atoms with Gasteiger partial charge in [-0.2, -0.15) is 0 Å². The van der Waals surface area contributed by atoms with Crippen molar-refractivity contribution >= 4 is 26.5 Å². The molecule has 1 aromatic rings. The van der Waals surface area contributed by atoms with Gasteiger partial charge >= 0.3 is 0 Å². The van der Waals surface area contributed by atoms with Gasteiger partial charge in [-0.15, -0.1) is 0 Å². The van der Waals surface area contributed by atoms with Crippen LogP contribution in [0.1, 0.15) is 12.6 Å². The number of hydrogen-bond donors (Lipinski definition) is 2. The number of thiazole rings is 1. The minimum Gasteiger partial charge on any atom is -0.345 e. The van der Waals surface area contributed by atoms with Gasteiger partial charge in [0.25, 0.3) is 0 Å². The second-order valence-corrected chi connectivity index (χ2v) is 6.95. The Kier molecular flexibility index (Phi) is 3.39. The maximum Gasteiger partial charge on any atom is 0.249 e. The zero-order valence-electron chi connectivity index (χ0n) is 9.80. The Bertz CT molecular complexity index is 511. The van der Waals surface area contributed by atoms with Crippen LogP contribution in [-0.2, 0) is 10.0 Å². The number of anilines is 1. The Balaban J connectivity index is 2.28. The van der Waals surface area contributed by atoms with E-state index in [0.717, 1.165) is 36.1 Å². The second kappa shape index (κ2) is 4.52. The summed E-state index contributed by atoms with van der Waals surface area (Å²) in [5.74, 6) is 0. The van der Waals surface area contributed by atoms with Gasteiger partial charge in [-0.25, -0.2) is 18.5 Å². The highest BCUT2D eigenvalue weighted by Gasteiger charge is 2.23. The largest absolute Gasteiger partial charge is 0.345 e. The molecule has 6 nitrogen and oxygen atoms in total. The molecular weight excluding hydrogens is 260 g/mol. The molecule has 3 N–H and O–H groups in total. The molecule has 17 heavy (non-hydrogen) atoms. The number of primary sulfonamides is 1. The minimum absolute atomic E-state index is 0.165. The fraction of sp³-hybridized carbons (Fsp3) is 0.667. The minimum atomic E-state index is -3.65. The molecule has 96 valence electrons. The van der Waals surface area contributed by atoms with Gasteiger partial charge < -0.3 is 10.2 Å². The Hall–Kier alpha value is -0.700. The Morgan fingerprint density at radius 3 is 2.82 bits per heavy atom. The van der Waals surface area contributed by atoms with Crippen molar-refractivity contribution in [3.63, 3.8) is 0 Å². The zero-order chi connectivity index (χ0) is 12.6. The first-order valence-corrected chi connectivity index (χ1v) is 7.73. The number of nitrogens with zero attached hydrogens (tertiary/aromatic N) is 2. The number of piperazine rings is 1. The van der Waals surface area contributed by atoms with Gasteiger partial charge in [0.2, 0.25) is 10.0 Å². The standard InChI is InChI=1S/C9H16N4O2S2/c1-6-5-13(4-3-11-6)9-12-7(2)8(16-9)17(10,14)15/h6,11H,3-5H2,1-2H3,(H2,10,14,15). The summed E-state index contributed by atoms with van der Waals surface area (Å²) < 4.78 is 22.8. The molecule has 8 heteroatoms. The third kappa shape index (κ3) is 2.76. The predicted octanol–water partition coefficient (Wildman–Crippen LogP) is -0.103. The predicted molar refractivity (Wildman–Crippen MR) is 67.9 cm³/mol. The third-order valence-corrected chi connectivity index (χ3v) is 5.41. The van der Waals surface area contributed by atoms with Gasteiger partial charge in [0, 0.05) is 25.7 Å². The van der Waals surface area contributed by atoms with Crippen molar-refractivity contribution in [1.29, 1.82) is 0 Å². The van der Waals surface area contributed by atoms with E-state index in [4.69, 9.17) is 5.14 Å². The summed E-state index contributed by atoms with van der Waals surface area (Å²) in [4.78, 5) is 6.38. The first-order valence-electron chi connectivity index (χ1n) is 5.36. The quantitative estimate of drug-likeness (QED) is 0.787. The summed E-state index contributed by atoms with van der Waals surface area (Å²) in [5, 5.41) is 9.20. The number of nitrogens with two attached hydrogens (primary N) is 1. The first-order chi connectivity index (χ1) is 7.88. The highest BCUT2D eigenvalue weighted by atomic mass is 32.2. The maximum atomic E-state index is 11.3. The highest BCUT2D eigenvalue weighted by molar-refractivity contribution is 7.91. The van der Waals surface area contributed by atoms with Crippen LogP contribution in [0.15, 0.2) is 4.21 Å². The van der Waals surface area contributed by atoms with Gasteiger partial charge in [-0.3, -0.25) is 0 Å². The summed E-state index contributed by atoms with van der Waals surface area (Å²) in [6.07, 6.45) is 0. The molecule has 0 aliphatic carbocycles. The number of nitrogens with one attached hydrogen (secondary N) is 1. The molecule has 1 atom stereocenters. The lowest BCUT2D eigenvalue weighted by molar-refractivity contribution is 0.484. The van der Waals surface area contributed by atoms with Gasteiger partial charge in [-0.05, 0) is 13.8 Å². The number of aryl methyl sites for hydroxylation is 1. The third-order valence-electron chi connectivity index (χ3n) is 2.64. The SMILES string of the molecule is Cc1nc(N2CCNC(C)C2)sc1S(N)(=O)=O. The van der Waals surface area contributed by atoms with E-state index in [9.17, 15) is 8.42 Å². The first kappa shape index (κ1) is 12.7. The molecule has 1 aliphatic heterocycles. The Morgan fingerprint density at radius 2 is 2.29 bits per heavy atom. The van der Waals surface area contributed by atoms with Gasteiger partial charge in [-0.1, -0.05) is 11.3 Å². The number of hydrogen-bond acceptors (Lipinski definition) is 6. The van der Waals surface area contributed by atoms with Crippen LogP contribution in [-0.4, -0.2) is 39.1 Å². The van der Waals surface area contributed by atoms with Crippen LogP contribution < -0.4 is 15.4 Å². The smallest absolute Gasteiger partial charge is 0.249 e. The molecule has 0 bridgehead atoms. The lowest BCUT2D eigenvalue weighted by Crippen LogP contribution is -2.49. The molecule has 1 unspecified atom stereocenters. The molecule has 0 spiro atoms. The molecule has 2 rings (SSSR count). The van der Waals surface area contributed by atoms with Crippen LogP contribution >= 0.6 is 11.3 Å². The molecule has 1 saturated heterocycles. The number of rotatable bonds is 2. The molecule has 0 amide bonds. The molecule has 1 fully saturated rings. The summed E-state index contributed by atoms with van der Waals surface area (Å²) in [6, 6.07) is 0.380. The van der Waals surface area contributed by atoms with E-state index in [0.29, 0.717) is 11.7 Å². The molecule has 0 radical (unpaired) electrons. The normalized spacial score (nSPS) is 21.8. The van der Waals surface area contributed by atoms with Crippen molar-refractivity contribution in [3.05, 3.63) is 5.69 Å². The average Bonchev–Trinajstić information content (AvgIpc) is 2.60. The van der Waals surface area contributed by atoms with Crippen LogP contribution in [0.2, 0.25) is 0 Å². The lowest BCUT2D eigenvalue weighted by Gasteiger charge is -2.31. The van der Waals surface area contributed by atoms with Crippen molar-refractivity contribution in [3.8, 4) is 0 Å². The van der Waals surface area contributed by atoms with Crippen LogP contribution in [0, 0.1) is 6.92 Å². The van der Waals surface area contributed by atoms with E-state index < -0.39 is 10.0 Å². The van der Waals surface area contributed by atoms with E-state index in [1.165, 1.54) is 0 Å². The topological polar surface area (TPSA) is 88.3 Å². The molecule has 2 heterocycles. The van der Waals surface area contributed by atoms with Crippen molar-refractivity contribution < 1.29 is 8.42 Å². The van der Waals surface area contributed by atoms with Crippen LogP contribution in [0.4, 0.5) is 5.13 Å². The van der Waals surface area contributed by atoms with Crippen molar-refractivity contribution in [2.24, 2.45) is 5.14 Å². The molecule has 0 saturated carbocycles. The van der Waals surface area contributed by atoms with Crippen LogP contribution in [0.3, 0.4) is 0 Å². The molecule has 1 aromatic heterocycles. The highest BCUT2D eigenvalue weighted by Crippen LogP contribution is 2.29. The fourth-order valence-electron chi connectivity index (χ4n) is 1.87. The van der Waals surface area contributed by atoms with E-state index in [1.807, 2.05) is 0 Å². The summed E-state index contributed by atoms with van der Waals surface area (Å²) >= 11 is 1.15. The van der Waals surface area contributed by atoms with Crippen molar-refractivity contribution in [2.45, 2.75) is 24.1 Å². The summed E-state index contributed by atoms with van der Waals surface area (Å²) in [5.41, 5.74) is 0.485. The van der Waals surface area contributed by atoms with E-state index in [-0.39, 0.29) is 4.21 Å². The van der Waals surface area contributed by atoms with Gasteiger partial charge in [0.15, 0.2) is 9.34 Å². The fourth-order valence-corrected chi connectivity index (χ4v) is 3.86. The van der Waals surface area contributed by atoms with E-state index in [2.05, 4.69) is 22.1 Å². The lowest BCUT2D eigenvalue weighted by atomic mass is 10.2. The van der Waals surface area contributed by atoms with Crippen molar-refractivity contribution in [2.75, 3.05) is 24.5 Å². The molecular formula is C9H16N4O2S2. The zero-order valence-corrected chi connectivity index (χ0v) is 11.4. The van der Waals surface area contributed by atoms with Crippen LogP contribution in [0.25, 0.3) is 0 Å².